The molecule has 0 amide bonds. The van der Waals surface area contributed by atoms with Crippen molar-refractivity contribution in [3.63, 3.8) is 0 Å². The molecule has 96 valence electrons. The first-order valence-electron chi connectivity index (χ1n) is 5.66. The van der Waals surface area contributed by atoms with Crippen LogP contribution in [0.5, 0.6) is 5.75 Å². The number of rotatable bonds is 2. The van der Waals surface area contributed by atoms with Gasteiger partial charge in [0.05, 0.1) is 18.1 Å². The molecule has 0 bridgehead atoms. The summed E-state index contributed by atoms with van der Waals surface area (Å²) < 4.78 is 19.3. The van der Waals surface area contributed by atoms with Gasteiger partial charge in [0.1, 0.15) is 17.4 Å². The molecule has 0 saturated heterocycles. The zero-order valence-electron chi connectivity index (χ0n) is 10.1. The fourth-order valence-electron chi connectivity index (χ4n) is 1.92. The SMILES string of the molecule is COc1ccc2nc(-c3cc(F)ccc3Br)[nH]c2c1. The van der Waals surface area contributed by atoms with Crippen LogP contribution in [0.1, 0.15) is 0 Å². The average molecular weight is 321 g/mol. The molecule has 0 fully saturated rings. The molecule has 0 radical (unpaired) electrons. The van der Waals surface area contributed by atoms with E-state index in [0.29, 0.717) is 11.4 Å². The third-order valence-corrected chi connectivity index (χ3v) is 3.56. The van der Waals surface area contributed by atoms with Gasteiger partial charge in [0.2, 0.25) is 0 Å². The number of halogens is 2. The molecule has 5 heteroatoms. The number of benzene rings is 2. The standard InChI is InChI=1S/C14H10BrFN2O/c1-19-9-3-5-12-13(7-9)18-14(17-12)10-6-8(16)2-4-11(10)15/h2-7H,1H3,(H,17,18). The van der Waals surface area contributed by atoms with E-state index in [1.165, 1.54) is 12.1 Å². The van der Waals surface area contributed by atoms with Gasteiger partial charge in [-0.2, -0.15) is 0 Å². The van der Waals surface area contributed by atoms with Crippen LogP contribution in [0.25, 0.3) is 22.4 Å². The van der Waals surface area contributed by atoms with Crippen LogP contribution < -0.4 is 4.74 Å². The van der Waals surface area contributed by atoms with Crippen molar-refractivity contribution >= 4 is 27.0 Å². The summed E-state index contributed by atoms with van der Waals surface area (Å²) in [5.74, 6) is 1.08. The summed E-state index contributed by atoms with van der Waals surface area (Å²) in [4.78, 5) is 7.62. The van der Waals surface area contributed by atoms with Gasteiger partial charge in [-0.25, -0.2) is 9.37 Å². The van der Waals surface area contributed by atoms with Crippen molar-refractivity contribution in [1.82, 2.24) is 9.97 Å². The number of ether oxygens (including phenoxy) is 1. The highest BCUT2D eigenvalue weighted by molar-refractivity contribution is 9.10. The van der Waals surface area contributed by atoms with Crippen LogP contribution in [-0.4, -0.2) is 17.1 Å². The molecular weight excluding hydrogens is 311 g/mol. The molecule has 1 heterocycles. The molecule has 1 aromatic heterocycles. The molecule has 0 saturated carbocycles. The third-order valence-electron chi connectivity index (χ3n) is 2.87. The zero-order valence-corrected chi connectivity index (χ0v) is 11.7. The lowest BCUT2D eigenvalue weighted by Crippen LogP contribution is -1.84. The Morgan fingerprint density at radius 1 is 1.21 bits per heavy atom. The lowest BCUT2D eigenvalue weighted by Gasteiger charge is -2.00. The summed E-state index contributed by atoms with van der Waals surface area (Å²) in [6.45, 7) is 0. The predicted octanol–water partition coefficient (Wildman–Crippen LogP) is 4.14. The second-order valence-corrected chi connectivity index (χ2v) is 4.95. The number of aromatic amines is 1. The van der Waals surface area contributed by atoms with Crippen molar-refractivity contribution in [2.45, 2.75) is 0 Å². The molecule has 0 aliphatic heterocycles. The Morgan fingerprint density at radius 3 is 2.84 bits per heavy atom. The summed E-state index contributed by atoms with van der Waals surface area (Å²) in [6.07, 6.45) is 0. The summed E-state index contributed by atoms with van der Waals surface area (Å²) >= 11 is 3.40. The summed E-state index contributed by atoms with van der Waals surface area (Å²) in [5.41, 5.74) is 2.35. The largest absolute Gasteiger partial charge is 0.497 e. The van der Waals surface area contributed by atoms with Crippen molar-refractivity contribution in [1.29, 1.82) is 0 Å². The molecule has 0 aliphatic rings. The number of aromatic nitrogens is 2. The van der Waals surface area contributed by atoms with Crippen molar-refractivity contribution in [3.05, 3.63) is 46.7 Å². The van der Waals surface area contributed by atoms with Crippen molar-refractivity contribution in [3.8, 4) is 17.1 Å². The van der Waals surface area contributed by atoms with E-state index >= 15 is 0 Å². The Bertz CT molecular complexity index is 754. The Hall–Kier alpha value is -1.88. The summed E-state index contributed by atoms with van der Waals surface area (Å²) in [7, 11) is 1.61. The highest BCUT2D eigenvalue weighted by atomic mass is 79.9. The van der Waals surface area contributed by atoms with Crippen LogP contribution in [0, 0.1) is 5.82 Å². The van der Waals surface area contributed by atoms with Gasteiger partial charge in [0.25, 0.3) is 0 Å². The maximum atomic E-state index is 13.3. The number of nitrogens with one attached hydrogen (secondary N) is 1. The van der Waals surface area contributed by atoms with Crippen LogP contribution in [0.15, 0.2) is 40.9 Å². The molecule has 0 atom stereocenters. The van der Waals surface area contributed by atoms with Gasteiger partial charge < -0.3 is 9.72 Å². The van der Waals surface area contributed by atoms with Gasteiger partial charge in [-0.15, -0.1) is 0 Å². The lowest BCUT2D eigenvalue weighted by molar-refractivity contribution is 0.415. The normalized spacial score (nSPS) is 10.9. The Morgan fingerprint density at radius 2 is 2.05 bits per heavy atom. The molecule has 2 aromatic carbocycles. The monoisotopic (exact) mass is 320 g/mol. The van der Waals surface area contributed by atoms with Crippen LogP contribution in [0.3, 0.4) is 0 Å². The number of imidazole rings is 1. The van der Waals surface area contributed by atoms with Gasteiger partial charge in [0.15, 0.2) is 0 Å². The van der Waals surface area contributed by atoms with E-state index < -0.39 is 0 Å². The van der Waals surface area contributed by atoms with E-state index in [1.54, 1.807) is 13.2 Å². The van der Waals surface area contributed by atoms with Gasteiger partial charge >= 0.3 is 0 Å². The van der Waals surface area contributed by atoms with Crippen molar-refractivity contribution < 1.29 is 9.13 Å². The minimum Gasteiger partial charge on any atom is -0.497 e. The van der Waals surface area contributed by atoms with E-state index in [0.717, 1.165) is 21.3 Å². The summed E-state index contributed by atoms with van der Waals surface area (Å²) in [5, 5.41) is 0. The van der Waals surface area contributed by atoms with E-state index in [-0.39, 0.29) is 5.82 Å². The number of fused-ring (bicyclic) bond motifs is 1. The molecule has 19 heavy (non-hydrogen) atoms. The molecule has 1 N–H and O–H groups in total. The fraction of sp³-hybridized carbons (Fsp3) is 0.0714. The van der Waals surface area contributed by atoms with Gasteiger partial charge in [-0.05, 0) is 30.3 Å². The number of hydrogen-bond donors (Lipinski definition) is 1. The quantitative estimate of drug-likeness (QED) is 0.770. The predicted molar refractivity (Wildman–Crippen MR) is 75.7 cm³/mol. The molecule has 0 spiro atoms. The minimum absolute atomic E-state index is 0.295. The van der Waals surface area contributed by atoms with Crippen molar-refractivity contribution in [2.24, 2.45) is 0 Å². The van der Waals surface area contributed by atoms with Crippen molar-refractivity contribution in [2.75, 3.05) is 7.11 Å². The van der Waals surface area contributed by atoms with E-state index in [9.17, 15) is 4.39 Å². The van der Waals surface area contributed by atoms with E-state index in [4.69, 9.17) is 4.74 Å². The highest BCUT2D eigenvalue weighted by Gasteiger charge is 2.10. The van der Waals surface area contributed by atoms with Crippen LogP contribution in [-0.2, 0) is 0 Å². The number of nitrogens with zero attached hydrogens (tertiary/aromatic N) is 1. The molecule has 0 aliphatic carbocycles. The van der Waals surface area contributed by atoms with E-state index in [1.807, 2.05) is 18.2 Å². The number of H-pyrrole nitrogens is 1. The van der Waals surface area contributed by atoms with Gasteiger partial charge in [0, 0.05) is 16.1 Å². The Balaban J connectivity index is 2.17. The molecule has 0 unspecified atom stereocenters. The molecule has 3 aromatic rings. The zero-order chi connectivity index (χ0) is 13.4. The minimum atomic E-state index is -0.295. The van der Waals surface area contributed by atoms with Crippen LogP contribution >= 0.6 is 15.9 Å². The second-order valence-electron chi connectivity index (χ2n) is 4.09. The Labute approximate surface area is 117 Å². The molecule has 3 nitrogen and oxygen atoms in total. The maximum absolute atomic E-state index is 13.3. The Kier molecular flexibility index (Phi) is 2.98. The van der Waals surface area contributed by atoms with Gasteiger partial charge in [-0.1, -0.05) is 15.9 Å². The first kappa shape index (κ1) is 12.2. The first-order chi connectivity index (χ1) is 9.17. The second kappa shape index (κ2) is 4.66. The number of hydrogen-bond acceptors (Lipinski definition) is 2. The topological polar surface area (TPSA) is 37.9 Å². The fourth-order valence-corrected chi connectivity index (χ4v) is 2.36. The molecular formula is C14H10BrFN2O. The molecule has 3 rings (SSSR count). The summed E-state index contributed by atoms with van der Waals surface area (Å²) in [6, 6.07) is 10.1. The number of methoxy groups -OCH3 is 1. The lowest BCUT2D eigenvalue weighted by atomic mass is 10.2. The van der Waals surface area contributed by atoms with E-state index in [2.05, 4.69) is 25.9 Å². The average Bonchev–Trinajstić information content (AvgIpc) is 2.83. The maximum Gasteiger partial charge on any atom is 0.139 e. The first-order valence-corrected chi connectivity index (χ1v) is 6.46. The van der Waals surface area contributed by atoms with Crippen LogP contribution in [0.2, 0.25) is 0 Å². The third kappa shape index (κ3) is 2.21. The van der Waals surface area contributed by atoms with Crippen LogP contribution in [0.4, 0.5) is 4.39 Å². The smallest absolute Gasteiger partial charge is 0.139 e. The van der Waals surface area contributed by atoms with Gasteiger partial charge in [-0.3, -0.25) is 0 Å². The highest BCUT2D eigenvalue weighted by Crippen LogP contribution is 2.29.